The predicted molar refractivity (Wildman–Crippen MR) is 41.9 cm³/mol. The first kappa shape index (κ1) is 11.9. The lowest BCUT2D eigenvalue weighted by Gasteiger charge is -2.12. The van der Waals surface area contributed by atoms with Crippen molar-refractivity contribution >= 4 is 12.4 Å². The molecule has 0 aliphatic heterocycles. The molecule has 0 aromatic carbocycles. The number of methoxy groups -OCH3 is 1. The number of ether oxygens (including phenoxy) is 1. The van der Waals surface area contributed by atoms with Crippen LogP contribution in [0.3, 0.4) is 0 Å². The van der Waals surface area contributed by atoms with Gasteiger partial charge in [0.1, 0.15) is 0 Å². The third kappa shape index (κ3) is 6.09. The highest BCUT2D eigenvalue weighted by atomic mass is 35.5. The van der Waals surface area contributed by atoms with Crippen molar-refractivity contribution in [3.8, 4) is 0 Å². The van der Waals surface area contributed by atoms with Gasteiger partial charge < -0.3 is 10.5 Å². The first-order chi connectivity index (χ1) is 3.68. The zero-order valence-electron chi connectivity index (χ0n) is 6.26. The van der Waals surface area contributed by atoms with Crippen molar-refractivity contribution in [2.24, 2.45) is 11.7 Å². The fraction of sp³-hybridized carbons (Fsp3) is 1.00. The molecule has 0 saturated heterocycles. The summed E-state index contributed by atoms with van der Waals surface area (Å²) >= 11 is 0. The highest BCUT2D eigenvalue weighted by Crippen LogP contribution is 1.96. The fourth-order valence-corrected chi connectivity index (χ4v) is 0.385. The quantitative estimate of drug-likeness (QED) is 0.658. The SMILES string of the molecule is COCC(N)C(C)C.Cl. The van der Waals surface area contributed by atoms with Crippen LogP contribution in [0.4, 0.5) is 0 Å². The molecular formula is C6H16ClNO. The number of rotatable bonds is 3. The maximum Gasteiger partial charge on any atom is 0.0616 e. The van der Waals surface area contributed by atoms with Crippen LogP contribution in [-0.4, -0.2) is 19.8 Å². The lowest BCUT2D eigenvalue weighted by Crippen LogP contribution is -2.30. The topological polar surface area (TPSA) is 35.2 Å². The van der Waals surface area contributed by atoms with Gasteiger partial charge in [0.05, 0.1) is 6.61 Å². The number of hydrogen-bond acceptors (Lipinski definition) is 2. The first-order valence-electron chi connectivity index (χ1n) is 2.93. The third-order valence-corrected chi connectivity index (χ3v) is 1.22. The summed E-state index contributed by atoms with van der Waals surface area (Å²) in [6.45, 7) is 4.84. The molecule has 1 unspecified atom stereocenters. The van der Waals surface area contributed by atoms with Crippen LogP contribution in [0.5, 0.6) is 0 Å². The molecule has 0 heterocycles. The summed E-state index contributed by atoms with van der Waals surface area (Å²) in [4.78, 5) is 0. The van der Waals surface area contributed by atoms with Crippen molar-refractivity contribution in [3.63, 3.8) is 0 Å². The summed E-state index contributed by atoms with van der Waals surface area (Å²) in [5.41, 5.74) is 5.60. The van der Waals surface area contributed by atoms with Crippen molar-refractivity contribution < 1.29 is 4.74 Å². The monoisotopic (exact) mass is 153 g/mol. The van der Waals surface area contributed by atoms with Crippen LogP contribution in [0.1, 0.15) is 13.8 Å². The molecule has 0 aliphatic rings. The molecule has 0 saturated carbocycles. The molecule has 0 rings (SSSR count). The summed E-state index contributed by atoms with van der Waals surface area (Å²) in [7, 11) is 1.67. The average molecular weight is 154 g/mol. The Morgan fingerprint density at radius 3 is 2.00 bits per heavy atom. The zero-order valence-corrected chi connectivity index (χ0v) is 7.07. The molecule has 2 N–H and O–H groups in total. The summed E-state index contributed by atoms with van der Waals surface area (Å²) in [6.07, 6.45) is 0. The van der Waals surface area contributed by atoms with Crippen LogP contribution in [-0.2, 0) is 4.74 Å². The van der Waals surface area contributed by atoms with Crippen LogP contribution in [0, 0.1) is 5.92 Å². The van der Waals surface area contributed by atoms with Gasteiger partial charge in [-0.25, -0.2) is 0 Å². The van der Waals surface area contributed by atoms with Crippen molar-refractivity contribution in [3.05, 3.63) is 0 Å². The minimum Gasteiger partial charge on any atom is -0.383 e. The molecule has 1 atom stereocenters. The largest absolute Gasteiger partial charge is 0.383 e. The molecule has 3 heteroatoms. The van der Waals surface area contributed by atoms with Gasteiger partial charge in [-0.15, -0.1) is 12.4 Å². The minimum absolute atomic E-state index is 0. The molecule has 2 nitrogen and oxygen atoms in total. The van der Waals surface area contributed by atoms with Gasteiger partial charge in [0.15, 0.2) is 0 Å². The molecule has 58 valence electrons. The van der Waals surface area contributed by atoms with E-state index < -0.39 is 0 Å². The fourth-order valence-electron chi connectivity index (χ4n) is 0.385. The van der Waals surface area contributed by atoms with Gasteiger partial charge in [-0.3, -0.25) is 0 Å². The van der Waals surface area contributed by atoms with E-state index in [2.05, 4.69) is 13.8 Å². The Morgan fingerprint density at radius 1 is 1.44 bits per heavy atom. The van der Waals surface area contributed by atoms with E-state index in [9.17, 15) is 0 Å². The van der Waals surface area contributed by atoms with E-state index in [4.69, 9.17) is 10.5 Å². The van der Waals surface area contributed by atoms with Crippen LogP contribution >= 0.6 is 12.4 Å². The molecule has 0 aromatic rings. The maximum absolute atomic E-state index is 5.60. The Labute approximate surface area is 63.2 Å². The zero-order chi connectivity index (χ0) is 6.57. The van der Waals surface area contributed by atoms with Gasteiger partial charge in [-0.05, 0) is 5.92 Å². The van der Waals surface area contributed by atoms with E-state index in [0.717, 1.165) is 0 Å². The third-order valence-electron chi connectivity index (χ3n) is 1.22. The summed E-state index contributed by atoms with van der Waals surface area (Å²) in [6, 6.07) is 0.194. The number of hydrogen-bond donors (Lipinski definition) is 1. The second kappa shape index (κ2) is 6.33. The van der Waals surface area contributed by atoms with Crippen LogP contribution in [0.2, 0.25) is 0 Å². The van der Waals surface area contributed by atoms with Crippen molar-refractivity contribution in [2.45, 2.75) is 19.9 Å². The van der Waals surface area contributed by atoms with Crippen molar-refractivity contribution in [1.29, 1.82) is 0 Å². The molecule has 0 radical (unpaired) electrons. The van der Waals surface area contributed by atoms with E-state index in [1.165, 1.54) is 0 Å². The molecule has 0 aliphatic carbocycles. The number of halogens is 1. The number of nitrogens with two attached hydrogens (primary N) is 1. The molecule has 0 bridgehead atoms. The van der Waals surface area contributed by atoms with Gasteiger partial charge in [-0.2, -0.15) is 0 Å². The smallest absolute Gasteiger partial charge is 0.0616 e. The van der Waals surface area contributed by atoms with E-state index in [1.807, 2.05) is 0 Å². The molecule has 0 amide bonds. The van der Waals surface area contributed by atoms with Crippen molar-refractivity contribution in [2.75, 3.05) is 13.7 Å². The second-order valence-corrected chi connectivity index (χ2v) is 2.36. The van der Waals surface area contributed by atoms with Crippen LogP contribution in [0.15, 0.2) is 0 Å². The van der Waals surface area contributed by atoms with E-state index in [0.29, 0.717) is 12.5 Å². The van der Waals surface area contributed by atoms with E-state index in [1.54, 1.807) is 7.11 Å². The predicted octanol–water partition coefficient (Wildman–Crippen LogP) is 1.04. The van der Waals surface area contributed by atoms with Gasteiger partial charge in [0, 0.05) is 13.2 Å². The van der Waals surface area contributed by atoms with Gasteiger partial charge >= 0.3 is 0 Å². The minimum atomic E-state index is 0. The molecule has 9 heavy (non-hydrogen) atoms. The average Bonchev–Trinajstić information content (AvgIpc) is 1.67. The molecule has 0 spiro atoms. The van der Waals surface area contributed by atoms with Gasteiger partial charge in [0.25, 0.3) is 0 Å². The Bertz CT molecular complexity index is 59.0. The molecule has 0 fully saturated rings. The summed E-state index contributed by atoms with van der Waals surface area (Å²) in [5.74, 6) is 0.523. The normalized spacial score (nSPS) is 13.0. The van der Waals surface area contributed by atoms with Gasteiger partial charge in [0.2, 0.25) is 0 Å². The molecular weight excluding hydrogens is 138 g/mol. The maximum atomic E-state index is 5.60. The highest BCUT2D eigenvalue weighted by molar-refractivity contribution is 5.85. The first-order valence-corrected chi connectivity index (χ1v) is 2.93. The van der Waals surface area contributed by atoms with Crippen LogP contribution < -0.4 is 5.73 Å². The summed E-state index contributed by atoms with van der Waals surface area (Å²) in [5, 5.41) is 0. The Kier molecular flexibility index (Phi) is 8.40. The van der Waals surface area contributed by atoms with Crippen molar-refractivity contribution in [1.82, 2.24) is 0 Å². The Hall–Kier alpha value is 0.210. The lowest BCUT2D eigenvalue weighted by atomic mass is 10.1. The lowest BCUT2D eigenvalue weighted by molar-refractivity contribution is 0.164. The van der Waals surface area contributed by atoms with E-state index in [-0.39, 0.29) is 18.4 Å². The standard InChI is InChI=1S/C6H15NO.ClH/c1-5(2)6(7)4-8-3;/h5-6H,4,7H2,1-3H3;1H. The Morgan fingerprint density at radius 2 is 1.89 bits per heavy atom. The van der Waals surface area contributed by atoms with Crippen LogP contribution in [0.25, 0.3) is 0 Å². The van der Waals surface area contributed by atoms with Gasteiger partial charge in [-0.1, -0.05) is 13.8 Å². The highest BCUT2D eigenvalue weighted by Gasteiger charge is 2.04. The molecule has 0 aromatic heterocycles. The second-order valence-electron chi connectivity index (χ2n) is 2.36. The van der Waals surface area contributed by atoms with E-state index >= 15 is 0 Å². The summed E-state index contributed by atoms with van der Waals surface area (Å²) < 4.78 is 4.84. The Balaban J connectivity index is 0.